The van der Waals surface area contributed by atoms with Crippen LogP contribution in [0.2, 0.25) is 0 Å². The molecule has 124 valence electrons. The van der Waals surface area contributed by atoms with Gasteiger partial charge in [0.1, 0.15) is 11.5 Å². The first-order valence-corrected chi connectivity index (χ1v) is 9.27. The fourth-order valence-electron chi connectivity index (χ4n) is 6.19. The molecule has 24 heavy (non-hydrogen) atoms. The molecule has 0 aliphatic heterocycles. The summed E-state index contributed by atoms with van der Waals surface area (Å²) in [5.41, 5.74) is 2.83. The minimum absolute atomic E-state index is 0.365. The molecule has 5 rings (SSSR count). The predicted molar refractivity (Wildman–Crippen MR) is 94.1 cm³/mol. The van der Waals surface area contributed by atoms with Gasteiger partial charge in [0.2, 0.25) is 0 Å². The van der Waals surface area contributed by atoms with E-state index in [1.807, 2.05) is 24.3 Å². The van der Waals surface area contributed by atoms with E-state index in [9.17, 15) is 10.2 Å². The number of aromatic hydroxyl groups is 2. The Hall–Kier alpha value is -1.96. The molecule has 0 amide bonds. The van der Waals surface area contributed by atoms with Crippen molar-refractivity contribution >= 4 is 0 Å². The highest BCUT2D eigenvalue weighted by Gasteiger charge is 2.56. The van der Waals surface area contributed by atoms with Gasteiger partial charge in [0, 0.05) is 0 Å². The number of benzene rings is 2. The summed E-state index contributed by atoms with van der Waals surface area (Å²) in [5.74, 6) is 5.58. The molecule has 3 aliphatic carbocycles. The molecular weight excluding hydrogens is 296 g/mol. The third-order valence-corrected chi connectivity index (χ3v) is 7.15. The van der Waals surface area contributed by atoms with Gasteiger partial charge in [-0.15, -0.1) is 0 Å². The third-order valence-electron chi connectivity index (χ3n) is 7.15. The highest BCUT2D eigenvalue weighted by molar-refractivity contribution is 5.33. The van der Waals surface area contributed by atoms with Crippen LogP contribution in [0.3, 0.4) is 0 Å². The molecule has 2 nitrogen and oxygen atoms in total. The summed E-state index contributed by atoms with van der Waals surface area (Å²) in [4.78, 5) is 0. The van der Waals surface area contributed by atoms with E-state index in [0.717, 1.165) is 23.7 Å². The van der Waals surface area contributed by atoms with Crippen molar-refractivity contribution in [1.29, 1.82) is 0 Å². The Morgan fingerprint density at radius 1 is 0.583 bits per heavy atom. The van der Waals surface area contributed by atoms with Gasteiger partial charge in [0.25, 0.3) is 0 Å². The van der Waals surface area contributed by atoms with Crippen molar-refractivity contribution in [2.75, 3.05) is 0 Å². The lowest BCUT2D eigenvalue weighted by atomic mass is 9.73. The topological polar surface area (TPSA) is 40.5 Å². The maximum atomic E-state index is 9.54. The third kappa shape index (κ3) is 2.16. The maximum absolute atomic E-state index is 9.54. The van der Waals surface area contributed by atoms with Crippen molar-refractivity contribution in [2.24, 2.45) is 23.7 Å². The first kappa shape index (κ1) is 14.4. The average Bonchev–Trinajstić information content (AvgIpc) is 3.27. The molecule has 6 unspecified atom stereocenters. The second-order valence-electron chi connectivity index (χ2n) is 8.18. The van der Waals surface area contributed by atoms with Gasteiger partial charge in [-0.3, -0.25) is 0 Å². The van der Waals surface area contributed by atoms with Crippen molar-refractivity contribution in [2.45, 2.75) is 37.5 Å². The molecule has 2 heteroatoms. The first-order valence-electron chi connectivity index (χ1n) is 9.27. The monoisotopic (exact) mass is 320 g/mol. The molecule has 3 saturated carbocycles. The summed E-state index contributed by atoms with van der Waals surface area (Å²) in [6.07, 6.45) is 5.38. The zero-order chi connectivity index (χ0) is 16.3. The molecule has 2 bridgehead atoms. The van der Waals surface area contributed by atoms with Crippen LogP contribution in [-0.2, 0) is 0 Å². The Morgan fingerprint density at radius 3 is 1.83 bits per heavy atom. The molecule has 2 aromatic rings. The largest absolute Gasteiger partial charge is 0.508 e. The molecule has 0 heterocycles. The first-order chi connectivity index (χ1) is 11.7. The summed E-state index contributed by atoms with van der Waals surface area (Å²) in [5, 5.41) is 19.1. The second kappa shape index (κ2) is 5.27. The fourth-order valence-corrected chi connectivity index (χ4v) is 6.19. The van der Waals surface area contributed by atoms with Gasteiger partial charge in [-0.05, 0) is 96.6 Å². The van der Waals surface area contributed by atoms with Crippen LogP contribution in [0, 0.1) is 23.7 Å². The summed E-state index contributed by atoms with van der Waals surface area (Å²) >= 11 is 0. The quantitative estimate of drug-likeness (QED) is 0.814. The van der Waals surface area contributed by atoms with Gasteiger partial charge in [-0.1, -0.05) is 24.3 Å². The molecule has 2 aromatic carbocycles. The van der Waals surface area contributed by atoms with Gasteiger partial charge >= 0.3 is 0 Å². The van der Waals surface area contributed by atoms with E-state index < -0.39 is 0 Å². The van der Waals surface area contributed by atoms with Crippen LogP contribution >= 0.6 is 0 Å². The number of fused-ring (bicyclic) bond motifs is 5. The van der Waals surface area contributed by atoms with Crippen molar-refractivity contribution < 1.29 is 10.2 Å². The van der Waals surface area contributed by atoms with E-state index in [-0.39, 0.29) is 0 Å². The molecule has 0 saturated heterocycles. The highest BCUT2D eigenvalue weighted by atomic mass is 16.3. The van der Waals surface area contributed by atoms with Gasteiger partial charge in [0.15, 0.2) is 0 Å². The number of rotatable bonds is 2. The van der Waals surface area contributed by atoms with E-state index in [4.69, 9.17) is 0 Å². The predicted octanol–water partition coefficient (Wildman–Crippen LogP) is 5.03. The van der Waals surface area contributed by atoms with Gasteiger partial charge in [0.05, 0.1) is 0 Å². The zero-order valence-electron chi connectivity index (χ0n) is 13.8. The molecule has 3 aliphatic rings. The SMILES string of the molecule is Oc1ccc(C2CC3C4CC(c5ccc(O)cc5)C(C4)C3C2)cc1. The van der Waals surface area contributed by atoms with Crippen LogP contribution < -0.4 is 0 Å². The molecular formula is C22H24O2. The lowest BCUT2D eigenvalue weighted by Crippen LogP contribution is -2.22. The van der Waals surface area contributed by atoms with Crippen molar-refractivity contribution in [3.8, 4) is 11.5 Å². The van der Waals surface area contributed by atoms with Gasteiger partial charge < -0.3 is 10.2 Å². The van der Waals surface area contributed by atoms with Crippen molar-refractivity contribution in [3.05, 3.63) is 59.7 Å². The summed E-state index contributed by atoms with van der Waals surface area (Å²) in [6, 6.07) is 15.8. The van der Waals surface area contributed by atoms with Crippen LogP contribution in [0.5, 0.6) is 11.5 Å². The maximum Gasteiger partial charge on any atom is 0.115 e. The zero-order valence-corrected chi connectivity index (χ0v) is 13.8. The van der Waals surface area contributed by atoms with Crippen LogP contribution in [0.4, 0.5) is 0 Å². The molecule has 6 atom stereocenters. The van der Waals surface area contributed by atoms with Crippen LogP contribution in [0.25, 0.3) is 0 Å². The Bertz CT molecular complexity index is 734. The van der Waals surface area contributed by atoms with Gasteiger partial charge in [-0.25, -0.2) is 0 Å². The normalized spacial score (nSPS) is 36.8. The Labute approximate surface area is 143 Å². The number of phenolic OH excluding ortho intramolecular Hbond substituents is 2. The minimum atomic E-state index is 0.365. The highest BCUT2D eigenvalue weighted by Crippen LogP contribution is 2.65. The van der Waals surface area contributed by atoms with Gasteiger partial charge in [-0.2, -0.15) is 0 Å². The van der Waals surface area contributed by atoms with E-state index in [0.29, 0.717) is 23.3 Å². The minimum Gasteiger partial charge on any atom is -0.508 e. The van der Waals surface area contributed by atoms with E-state index in [1.54, 1.807) is 0 Å². The number of hydrogen-bond acceptors (Lipinski definition) is 2. The number of phenols is 2. The number of hydrogen-bond donors (Lipinski definition) is 2. The summed E-state index contributed by atoms with van der Waals surface area (Å²) in [6.45, 7) is 0. The lowest BCUT2D eigenvalue weighted by molar-refractivity contribution is 0.232. The van der Waals surface area contributed by atoms with Crippen LogP contribution in [-0.4, -0.2) is 10.2 Å². The molecule has 0 radical (unpaired) electrons. The van der Waals surface area contributed by atoms with Crippen molar-refractivity contribution in [3.63, 3.8) is 0 Å². The van der Waals surface area contributed by atoms with Crippen molar-refractivity contribution in [1.82, 2.24) is 0 Å². The Balaban J connectivity index is 1.37. The van der Waals surface area contributed by atoms with E-state index in [1.165, 1.54) is 36.8 Å². The van der Waals surface area contributed by atoms with Crippen LogP contribution in [0.1, 0.15) is 48.6 Å². The van der Waals surface area contributed by atoms with E-state index >= 15 is 0 Å². The van der Waals surface area contributed by atoms with Crippen LogP contribution in [0.15, 0.2) is 48.5 Å². The fraction of sp³-hybridized carbons (Fsp3) is 0.455. The summed E-state index contributed by atoms with van der Waals surface area (Å²) < 4.78 is 0. The lowest BCUT2D eigenvalue weighted by Gasteiger charge is -2.31. The molecule has 0 aromatic heterocycles. The Kier molecular flexibility index (Phi) is 3.16. The smallest absolute Gasteiger partial charge is 0.115 e. The second-order valence-corrected chi connectivity index (χ2v) is 8.18. The van der Waals surface area contributed by atoms with E-state index in [2.05, 4.69) is 24.3 Å². The molecule has 0 spiro atoms. The molecule has 2 N–H and O–H groups in total. The summed E-state index contributed by atoms with van der Waals surface area (Å²) in [7, 11) is 0. The molecule has 3 fully saturated rings. The Morgan fingerprint density at radius 2 is 1.17 bits per heavy atom. The standard InChI is InChI=1S/C22H24O2/c23-17-5-1-13(2-6-17)15-9-20-16-11-19(22(12-16)21(20)10-15)14-3-7-18(24)8-4-14/h1-8,15-16,19-24H,9-12H2. The average molecular weight is 320 g/mol.